The molecule has 1 atom stereocenters. The fourth-order valence-electron chi connectivity index (χ4n) is 5.76. The van der Waals surface area contributed by atoms with E-state index in [-0.39, 0.29) is 24.2 Å². The van der Waals surface area contributed by atoms with E-state index < -0.39 is 23.6 Å². The summed E-state index contributed by atoms with van der Waals surface area (Å²) in [4.78, 5) is 45.7. The van der Waals surface area contributed by atoms with Crippen molar-refractivity contribution in [2.75, 3.05) is 18.6 Å². The molecule has 5 rings (SSSR count). The van der Waals surface area contributed by atoms with Gasteiger partial charge in [0.05, 0.1) is 18.8 Å². The number of H-pyrrole nitrogens is 1. The Morgan fingerprint density at radius 3 is 2.21 bits per heavy atom. The van der Waals surface area contributed by atoms with Crippen LogP contribution in [0.3, 0.4) is 0 Å². The molecule has 0 unspecified atom stereocenters. The van der Waals surface area contributed by atoms with Crippen LogP contribution in [0.15, 0.2) is 66.9 Å². The highest BCUT2D eigenvalue weighted by atomic mass is 16.6. The minimum absolute atomic E-state index is 0.207. The number of benzene rings is 2. The van der Waals surface area contributed by atoms with Gasteiger partial charge in [-0.1, -0.05) is 24.3 Å². The van der Waals surface area contributed by atoms with Gasteiger partial charge in [0.25, 0.3) is 5.91 Å². The molecule has 2 aromatic carbocycles. The van der Waals surface area contributed by atoms with E-state index in [0.717, 1.165) is 29.5 Å². The van der Waals surface area contributed by atoms with Gasteiger partial charge in [-0.2, -0.15) is 5.21 Å². The number of ether oxygens (including phenoxy) is 2. The number of hydrogen-bond donors (Lipinski definition) is 3. The quantitative estimate of drug-likeness (QED) is 0.217. The van der Waals surface area contributed by atoms with Crippen molar-refractivity contribution in [1.82, 2.24) is 30.9 Å². The molecule has 2 heterocycles. The van der Waals surface area contributed by atoms with Crippen LogP contribution in [-0.4, -0.2) is 68.8 Å². The maximum absolute atomic E-state index is 14.1. The molecule has 0 spiro atoms. The fourth-order valence-corrected chi connectivity index (χ4v) is 5.76. The molecule has 2 aromatic heterocycles. The largest absolute Gasteiger partial charge is 0.481 e. The zero-order valence-electron chi connectivity index (χ0n) is 27.7. The minimum Gasteiger partial charge on any atom is -0.481 e. The Morgan fingerprint density at radius 1 is 0.958 bits per heavy atom. The molecule has 1 saturated carbocycles. The third-order valence-electron chi connectivity index (χ3n) is 8.31. The van der Waals surface area contributed by atoms with Crippen molar-refractivity contribution >= 4 is 23.6 Å². The maximum atomic E-state index is 14.1. The number of carbonyl (C=O) groups is 3. The van der Waals surface area contributed by atoms with Crippen LogP contribution in [0.1, 0.15) is 52.0 Å². The van der Waals surface area contributed by atoms with Crippen LogP contribution in [-0.2, 0) is 20.7 Å². The second kappa shape index (κ2) is 15.2. The van der Waals surface area contributed by atoms with Crippen molar-refractivity contribution in [2.45, 2.75) is 64.5 Å². The Morgan fingerprint density at radius 2 is 1.62 bits per heavy atom. The van der Waals surface area contributed by atoms with Crippen LogP contribution < -0.4 is 20.7 Å². The third-order valence-corrected chi connectivity index (χ3v) is 8.31. The number of anilines is 1. The summed E-state index contributed by atoms with van der Waals surface area (Å²) in [5.41, 5.74) is 9.80. The summed E-state index contributed by atoms with van der Waals surface area (Å²) in [5, 5.41) is 16.9. The number of aromatic nitrogens is 5. The van der Waals surface area contributed by atoms with E-state index in [1.165, 1.54) is 4.90 Å². The Bertz CT molecular complexity index is 1660. The Balaban J connectivity index is 1.28. The number of imide groups is 1. The summed E-state index contributed by atoms with van der Waals surface area (Å²) in [7, 11) is 1.57. The standard InChI is InChI=1S/C35H42N8O5/c1-35(2,3)48-34(46)38-20-23-7-11-26(12-8-23)32(44)43(28-16-13-25(14-17-28)31-39-41-42-40-31)33(45)29(36)19-22-5-9-24(10-6-22)27-15-18-30(47-4)37-21-27/h5-6,9-10,13-18,21,23,26,29H,7-8,11-12,19-20,36H2,1-4H3,(H,38,46)(H,39,40,41,42)/t23?,26?,29-/m0/s1. The molecule has 0 bridgehead atoms. The normalized spacial score (nSPS) is 16.9. The van der Waals surface area contributed by atoms with E-state index in [1.54, 1.807) is 43.6 Å². The van der Waals surface area contributed by atoms with Gasteiger partial charge in [0.1, 0.15) is 5.60 Å². The summed E-state index contributed by atoms with van der Waals surface area (Å²) in [6.07, 6.45) is 4.15. The molecule has 1 aliphatic rings. The highest BCUT2D eigenvalue weighted by molar-refractivity contribution is 6.17. The lowest BCUT2D eigenvalue weighted by atomic mass is 9.81. The average molecular weight is 655 g/mol. The molecule has 1 aliphatic carbocycles. The Kier molecular flexibility index (Phi) is 10.8. The van der Waals surface area contributed by atoms with E-state index in [9.17, 15) is 14.4 Å². The summed E-state index contributed by atoms with van der Waals surface area (Å²) in [5.74, 6) is 0.00139. The lowest BCUT2D eigenvalue weighted by Gasteiger charge is -2.32. The van der Waals surface area contributed by atoms with Crippen LogP contribution in [0.25, 0.3) is 22.5 Å². The fraction of sp³-hybridized carbons (Fsp3) is 0.400. The molecule has 13 heteroatoms. The minimum atomic E-state index is -0.964. The summed E-state index contributed by atoms with van der Waals surface area (Å²) < 4.78 is 10.5. The first-order chi connectivity index (χ1) is 23.0. The van der Waals surface area contributed by atoms with Crippen molar-refractivity contribution in [3.63, 3.8) is 0 Å². The van der Waals surface area contributed by atoms with Crippen molar-refractivity contribution in [1.29, 1.82) is 0 Å². The Hall–Kier alpha value is -5.17. The van der Waals surface area contributed by atoms with Gasteiger partial charge in [-0.15, -0.1) is 10.2 Å². The van der Waals surface area contributed by atoms with E-state index in [2.05, 4.69) is 30.9 Å². The van der Waals surface area contributed by atoms with Gasteiger partial charge in [-0.25, -0.2) is 14.7 Å². The van der Waals surface area contributed by atoms with Crippen molar-refractivity contribution in [2.24, 2.45) is 17.6 Å². The van der Waals surface area contributed by atoms with Crippen molar-refractivity contribution in [3.8, 4) is 28.4 Å². The van der Waals surface area contributed by atoms with Gasteiger partial charge in [-0.3, -0.25) is 9.59 Å². The molecule has 48 heavy (non-hydrogen) atoms. The second-order valence-electron chi connectivity index (χ2n) is 13.0. The predicted molar refractivity (Wildman–Crippen MR) is 180 cm³/mol. The maximum Gasteiger partial charge on any atom is 0.407 e. The number of methoxy groups -OCH3 is 1. The molecule has 13 nitrogen and oxygen atoms in total. The first-order valence-corrected chi connectivity index (χ1v) is 16.0. The van der Waals surface area contributed by atoms with Crippen LogP contribution >= 0.6 is 0 Å². The van der Waals surface area contributed by atoms with Crippen LogP contribution in [0.5, 0.6) is 5.88 Å². The lowest BCUT2D eigenvalue weighted by Crippen LogP contribution is -2.50. The zero-order chi connectivity index (χ0) is 34.3. The number of hydrogen-bond acceptors (Lipinski definition) is 10. The SMILES string of the molecule is COc1ccc(-c2ccc(C[C@H](N)C(=O)N(C(=O)C3CCC(CNC(=O)OC(C)(C)C)CC3)c3ccc(-c4nn[nH]n4)cc3)cc2)cn1. The molecule has 4 aromatic rings. The molecule has 0 radical (unpaired) electrons. The highest BCUT2D eigenvalue weighted by Gasteiger charge is 2.35. The molecular formula is C35H42N8O5. The number of aromatic amines is 1. The number of rotatable bonds is 10. The van der Waals surface area contributed by atoms with Crippen LogP contribution in [0, 0.1) is 11.8 Å². The number of amides is 3. The van der Waals surface area contributed by atoms with Gasteiger partial charge in [-0.05, 0) is 105 Å². The van der Waals surface area contributed by atoms with Crippen molar-refractivity contribution < 1.29 is 23.9 Å². The van der Waals surface area contributed by atoms with E-state index >= 15 is 0 Å². The number of nitrogens with zero attached hydrogens (tertiary/aromatic N) is 5. The van der Waals surface area contributed by atoms with Gasteiger partial charge in [0.15, 0.2) is 0 Å². The Labute approximate surface area is 279 Å². The van der Waals surface area contributed by atoms with E-state index in [1.807, 2.05) is 51.1 Å². The molecule has 0 saturated heterocycles. The van der Waals surface area contributed by atoms with Gasteiger partial charge < -0.3 is 20.5 Å². The lowest BCUT2D eigenvalue weighted by molar-refractivity contribution is -0.130. The molecule has 1 fully saturated rings. The molecule has 252 valence electrons. The molecule has 3 amide bonds. The molecule has 4 N–H and O–H groups in total. The van der Waals surface area contributed by atoms with E-state index in [0.29, 0.717) is 42.3 Å². The number of tetrazole rings is 1. The first-order valence-electron chi connectivity index (χ1n) is 16.0. The average Bonchev–Trinajstić information content (AvgIpc) is 3.63. The summed E-state index contributed by atoms with van der Waals surface area (Å²) in [6, 6.07) is 17.4. The number of carbonyl (C=O) groups excluding carboxylic acids is 3. The topological polar surface area (TPSA) is 178 Å². The number of nitrogens with one attached hydrogen (secondary N) is 2. The van der Waals surface area contributed by atoms with Gasteiger partial charge in [0.2, 0.25) is 17.6 Å². The number of nitrogens with two attached hydrogens (primary N) is 1. The van der Waals surface area contributed by atoms with Gasteiger partial charge in [0, 0.05) is 35.9 Å². The van der Waals surface area contributed by atoms with E-state index in [4.69, 9.17) is 15.2 Å². The first kappa shape index (κ1) is 34.2. The van der Waals surface area contributed by atoms with Gasteiger partial charge >= 0.3 is 6.09 Å². The molecule has 0 aliphatic heterocycles. The second-order valence-corrected chi connectivity index (χ2v) is 13.0. The summed E-state index contributed by atoms with van der Waals surface area (Å²) in [6.45, 7) is 5.92. The monoisotopic (exact) mass is 654 g/mol. The zero-order valence-corrected chi connectivity index (χ0v) is 27.7. The van der Waals surface area contributed by atoms with Crippen LogP contribution in [0.2, 0.25) is 0 Å². The smallest absolute Gasteiger partial charge is 0.407 e. The third kappa shape index (κ3) is 8.79. The van der Waals surface area contributed by atoms with Crippen molar-refractivity contribution in [3.05, 3.63) is 72.4 Å². The van der Waals surface area contributed by atoms with Crippen LogP contribution in [0.4, 0.5) is 10.5 Å². The number of pyridine rings is 1. The predicted octanol–water partition coefficient (Wildman–Crippen LogP) is 4.70. The molecular weight excluding hydrogens is 612 g/mol. The number of alkyl carbamates (subject to hydrolysis) is 1. The highest BCUT2D eigenvalue weighted by Crippen LogP contribution is 2.32. The summed E-state index contributed by atoms with van der Waals surface area (Å²) >= 11 is 0.